The van der Waals surface area contributed by atoms with E-state index in [-0.39, 0.29) is 17.7 Å². The van der Waals surface area contributed by atoms with Crippen molar-refractivity contribution in [1.29, 1.82) is 5.26 Å². The maximum atomic E-state index is 13.1. The van der Waals surface area contributed by atoms with Gasteiger partial charge in [-0.1, -0.05) is 62.4 Å². The van der Waals surface area contributed by atoms with Crippen LogP contribution in [0.15, 0.2) is 30.3 Å². The first-order valence-corrected chi connectivity index (χ1v) is 11.8. The summed E-state index contributed by atoms with van der Waals surface area (Å²) < 4.78 is 5.36. The molecule has 1 aromatic rings. The van der Waals surface area contributed by atoms with E-state index in [0.29, 0.717) is 44.8 Å². The molecule has 0 aromatic heterocycles. The van der Waals surface area contributed by atoms with Gasteiger partial charge in [0.1, 0.15) is 12.1 Å². The summed E-state index contributed by atoms with van der Waals surface area (Å²) in [5.41, 5.74) is 1.14. The minimum absolute atomic E-state index is 0.0583. The van der Waals surface area contributed by atoms with E-state index in [2.05, 4.69) is 16.7 Å². The molecule has 1 saturated heterocycles. The van der Waals surface area contributed by atoms with Crippen molar-refractivity contribution in [2.24, 2.45) is 11.8 Å². The van der Waals surface area contributed by atoms with Gasteiger partial charge < -0.3 is 15.4 Å². The lowest BCUT2D eigenvalue weighted by Crippen LogP contribution is -2.52. The van der Waals surface area contributed by atoms with Crippen molar-refractivity contribution in [3.8, 4) is 6.07 Å². The summed E-state index contributed by atoms with van der Waals surface area (Å²) in [7, 11) is 0. The predicted molar refractivity (Wildman–Crippen MR) is 119 cm³/mol. The van der Waals surface area contributed by atoms with E-state index in [1.54, 1.807) is 0 Å². The van der Waals surface area contributed by atoms with E-state index in [1.807, 2.05) is 30.3 Å². The molecule has 2 fully saturated rings. The first kappa shape index (κ1) is 23.3. The number of nitrogens with one attached hydrogen (secondary N) is 2. The number of hydrogen-bond acceptors (Lipinski definition) is 4. The highest BCUT2D eigenvalue weighted by Gasteiger charge is 2.30. The molecule has 3 rings (SSSR count). The normalized spacial score (nSPS) is 19.7. The maximum Gasteiger partial charge on any atom is 0.243 e. The highest BCUT2D eigenvalue weighted by molar-refractivity contribution is 5.88. The second-order valence-electron chi connectivity index (χ2n) is 8.90. The third-order valence-electron chi connectivity index (χ3n) is 6.56. The Hall–Kier alpha value is -2.39. The van der Waals surface area contributed by atoms with Crippen LogP contribution >= 0.6 is 0 Å². The first-order chi connectivity index (χ1) is 15.2. The maximum absolute atomic E-state index is 13.1. The van der Waals surface area contributed by atoms with Gasteiger partial charge in [0.05, 0.1) is 6.07 Å². The van der Waals surface area contributed by atoms with Gasteiger partial charge in [-0.15, -0.1) is 0 Å². The molecule has 6 heteroatoms. The number of amides is 2. The van der Waals surface area contributed by atoms with Crippen LogP contribution < -0.4 is 10.6 Å². The van der Waals surface area contributed by atoms with E-state index in [0.717, 1.165) is 24.8 Å². The molecule has 1 heterocycles. The van der Waals surface area contributed by atoms with Crippen molar-refractivity contribution in [2.45, 2.75) is 76.3 Å². The SMILES string of the molecule is N#C[C@H](CCc1ccccc1)NC(=O)[C@H](CC1CCCCC1)NC(=O)C1CCOCC1. The lowest BCUT2D eigenvalue weighted by molar-refractivity contribution is -0.133. The summed E-state index contributed by atoms with van der Waals surface area (Å²) in [4.78, 5) is 25.9. The van der Waals surface area contributed by atoms with Crippen LogP contribution in [0.3, 0.4) is 0 Å². The van der Waals surface area contributed by atoms with Crippen molar-refractivity contribution in [3.05, 3.63) is 35.9 Å². The molecule has 2 N–H and O–H groups in total. The van der Waals surface area contributed by atoms with Gasteiger partial charge in [0.15, 0.2) is 0 Å². The minimum Gasteiger partial charge on any atom is -0.381 e. The van der Waals surface area contributed by atoms with Gasteiger partial charge >= 0.3 is 0 Å². The molecule has 2 atom stereocenters. The smallest absolute Gasteiger partial charge is 0.243 e. The number of nitrogens with zero attached hydrogens (tertiary/aromatic N) is 1. The van der Waals surface area contributed by atoms with Crippen LogP contribution in [0, 0.1) is 23.2 Å². The molecule has 6 nitrogen and oxygen atoms in total. The molecule has 1 aliphatic heterocycles. The van der Waals surface area contributed by atoms with Gasteiger partial charge in [0.2, 0.25) is 11.8 Å². The Bertz CT molecular complexity index is 734. The molecule has 168 valence electrons. The highest BCUT2D eigenvalue weighted by atomic mass is 16.5. The summed E-state index contributed by atoms with van der Waals surface area (Å²) >= 11 is 0. The Kier molecular flexibility index (Phi) is 9.36. The fourth-order valence-electron chi connectivity index (χ4n) is 4.63. The lowest BCUT2D eigenvalue weighted by Gasteiger charge is -2.29. The second kappa shape index (κ2) is 12.5. The summed E-state index contributed by atoms with van der Waals surface area (Å²) in [6.07, 6.45) is 9.14. The van der Waals surface area contributed by atoms with Crippen LogP contribution in [0.5, 0.6) is 0 Å². The Morgan fingerprint density at radius 3 is 2.42 bits per heavy atom. The van der Waals surface area contributed by atoms with Crippen molar-refractivity contribution < 1.29 is 14.3 Å². The fourth-order valence-corrected chi connectivity index (χ4v) is 4.63. The Morgan fingerprint density at radius 2 is 1.74 bits per heavy atom. The molecule has 1 aromatic carbocycles. The summed E-state index contributed by atoms with van der Waals surface area (Å²) in [6.45, 7) is 1.18. The molecular formula is C25H35N3O3. The zero-order valence-electron chi connectivity index (χ0n) is 18.4. The minimum atomic E-state index is -0.578. The van der Waals surface area contributed by atoms with Gasteiger partial charge in [-0.2, -0.15) is 5.26 Å². The van der Waals surface area contributed by atoms with Crippen LogP contribution in [-0.2, 0) is 20.7 Å². The summed E-state index contributed by atoms with van der Waals surface area (Å²) in [6, 6.07) is 11.0. The molecule has 2 amide bonds. The number of nitriles is 1. The third kappa shape index (κ3) is 7.66. The predicted octanol–water partition coefficient (Wildman–Crippen LogP) is 3.51. The molecule has 0 unspecified atom stereocenters. The van der Waals surface area contributed by atoms with Gasteiger partial charge in [-0.05, 0) is 43.6 Å². The summed E-state index contributed by atoms with van der Waals surface area (Å²) in [5.74, 6) is 0.0623. The van der Waals surface area contributed by atoms with Gasteiger partial charge in [0, 0.05) is 19.1 Å². The average molecular weight is 426 g/mol. The van der Waals surface area contributed by atoms with E-state index in [4.69, 9.17) is 4.74 Å². The van der Waals surface area contributed by atoms with Crippen LogP contribution in [-0.4, -0.2) is 37.1 Å². The van der Waals surface area contributed by atoms with Crippen molar-refractivity contribution >= 4 is 11.8 Å². The van der Waals surface area contributed by atoms with Gasteiger partial charge in [-0.25, -0.2) is 0 Å². The van der Waals surface area contributed by atoms with E-state index in [1.165, 1.54) is 19.3 Å². The molecule has 31 heavy (non-hydrogen) atoms. The van der Waals surface area contributed by atoms with Crippen LogP contribution in [0.4, 0.5) is 0 Å². The van der Waals surface area contributed by atoms with Crippen LogP contribution in [0.1, 0.15) is 63.4 Å². The van der Waals surface area contributed by atoms with Crippen LogP contribution in [0.2, 0.25) is 0 Å². The standard InChI is InChI=1S/C25H35N3O3/c26-18-22(12-11-19-7-3-1-4-8-19)27-25(30)23(17-20-9-5-2-6-10-20)28-24(29)21-13-15-31-16-14-21/h1,3-4,7-8,20-23H,2,5-6,9-17H2,(H,27,30)(H,28,29)/t22-,23-/m0/s1. The number of carbonyl (C=O) groups excluding carboxylic acids is 2. The molecule has 0 spiro atoms. The average Bonchev–Trinajstić information content (AvgIpc) is 2.83. The Labute approximate surface area is 185 Å². The fraction of sp³-hybridized carbons (Fsp3) is 0.640. The molecule has 0 radical (unpaired) electrons. The Balaban J connectivity index is 1.59. The summed E-state index contributed by atoms with van der Waals surface area (Å²) in [5, 5.41) is 15.5. The number of aryl methyl sites for hydroxylation is 1. The van der Waals surface area contributed by atoms with Crippen LogP contribution in [0.25, 0.3) is 0 Å². The lowest BCUT2D eigenvalue weighted by atomic mass is 9.84. The third-order valence-corrected chi connectivity index (χ3v) is 6.56. The van der Waals surface area contributed by atoms with Gasteiger partial charge in [0.25, 0.3) is 0 Å². The second-order valence-corrected chi connectivity index (χ2v) is 8.90. The molecule has 1 aliphatic carbocycles. The highest BCUT2D eigenvalue weighted by Crippen LogP contribution is 2.28. The molecular weight excluding hydrogens is 390 g/mol. The zero-order chi connectivity index (χ0) is 21.9. The van der Waals surface area contributed by atoms with E-state index >= 15 is 0 Å². The van der Waals surface area contributed by atoms with Gasteiger partial charge in [-0.3, -0.25) is 9.59 Å². The van der Waals surface area contributed by atoms with Crippen molar-refractivity contribution in [3.63, 3.8) is 0 Å². The van der Waals surface area contributed by atoms with Crippen molar-refractivity contribution in [2.75, 3.05) is 13.2 Å². The number of ether oxygens (including phenoxy) is 1. The quantitative estimate of drug-likeness (QED) is 0.633. The number of hydrogen-bond donors (Lipinski definition) is 2. The number of benzene rings is 1. The molecule has 1 saturated carbocycles. The van der Waals surface area contributed by atoms with E-state index in [9.17, 15) is 14.9 Å². The monoisotopic (exact) mass is 425 g/mol. The largest absolute Gasteiger partial charge is 0.381 e. The molecule has 2 aliphatic rings. The zero-order valence-corrected chi connectivity index (χ0v) is 18.4. The first-order valence-electron chi connectivity index (χ1n) is 11.8. The Morgan fingerprint density at radius 1 is 1.03 bits per heavy atom. The van der Waals surface area contributed by atoms with Crippen molar-refractivity contribution in [1.82, 2.24) is 10.6 Å². The number of carbonyl (C=O) groups is 2. The molecule has 0 bridgehead atoms. The topological polar surface area (TPSA) is 91.2 Å². The number of rotatable bonds is 9. The van der Waals surface area contributed by atoms with E-state index < -0.39 is 12.1 Å².